The topological polar surface area (TPSA) is 56.3 Å². The van der Waals surface area contributed by atoms with Gasteiger partial charge in [-0.15, -0.1) is 0 Å². The van der Waals surface area contributed by atoms with E-state index in [1.807, 2.05) is 20.8 Å². The van der Waals surface area contributed by atoms with Gasteiger partial charge < -0.3 is 26.6 Å². The van der Waals surface area contributed by atoms with Gasteiger partial charge in [-0.2, -0.15) is 0 Å². The molecule has 0 atom stereocenters. The molecule has 4 bridgehead atoms. The van der Waals surface area contributed by atoms with Crippen LogP contribution in [0.3, 0.4) is 0 Å². The molecule has 5 heterocycles. The van der Waals surface area contributed by atoms with Crippen molar-refractivity contribution in [3.63, 3.8) is 0 Å². The van der Waals surface area contributed by atoms with Gasteiger partial charge in [0.05, 0.1) is 25.9 Å². The van der Waals surface area contributed by atoms with Gasteiger partial charge in [0.1, 0.15) is 25.6 Å². The third-order valence-electron chi connectivity index (χ3n) is 5.58. The molecule has 0 aromatic rings. The van der Waals surface area contributed by atoms with Crippen molar-refractivity contribution in [1.29, 1.82) is 0 Å². The number of carbonyl (C=O) groups is 2. The maximum atomic E-state index is 13.3. The van der Waals surface area contributed by atoms with Crippen molar-refractivity contribution in [3.05, 3.63) is 0 Å². The Bertz CT molecular complexity index is 536. The van der Waals surface area contributed by atoms with Crippen molar-refractivity contribution in [3.8, 4) is 0 Å². The Morgan fingerprint density at radius 1 is 0.923 bits per heavy atom. The lowest BCUT2D eigenvalue weighted by molar-refractivity contribution is -0.916. The van der Waals surface area contributed by atoms with Crippen LogP contribution in [0.15, 0.2) is 0 Å². The molecular formula is C17H30BrN5O3. The Morgan fingerprint density at radius 2 is 1.38 bits per heavy atom. The first-order valence-electron chi connectivity index (χ1n) is 9.30. The van der Waals surface area contributed by atoms with E-state index in [9.17, 15) is 9.59 Å². The van der Waals surface area contributed by atoms with Crippen molar-refractivity contribution in [2.75, 3.05) is 53.1 Å². The van der Waals surface area contributed by atoms with E-state index in [1.165, 1.54) is 0 Å². The summed E-state index contributed by atoms with van der Waals surface area (Å²) in [6, 6.07) is 0. The molecule has 9 heteroatoms. The van der Waals surface area contributed by atoms with Crippen LogP contribution >= 0.6 is 0 Å². The third-order valence-corrected chi connectivity index (χ3v) is 5.58. The molecule has 5 aliphatic rings. The SMILES string of the molecule is CC(C)(C)OC(=O)N1CCC(C(=O)[N+]23CN4CN(CN(C4)C2)C3)CC1.[Br-]. The van der Waals surface area contributed by atoms with Crippen LogP contribution in [0.5, 0.6) is 0 Å². The number of ether oxygens (including phenoxy) is 1. The maximum absolute atomic E-state index is 13.3. The Hall–Kier alpha value is -0.740. The highest BCUT2D eigenvalue weighted by Gasteiger charge is 2.54. The minimum absolute atomic E-state index is 0. The average molecular weight is 432 g/mol. The summed E-state index contributed by atoms with van der Waals surface area (Å²) in [4.78, 5) is 34.4. The normalized spacial score (nSPS) is 36.6. The van der Waals surface area contributed by atoms with Crippen LogP contribution < -0.4 is 17.0 Å². The fraction of sp³-hybridized carbons (Fsp3) is 0.882. The van der Waals surface area contributed by atoms with E-state index >= 15 is 0 Å². The second kappa shape index (κ2) is 7.01. The van der Waals surface area contributed by atoms with E-state index < -0.39 is 5.60 Å². The molecule has 2 amide bonds. The highest BCUT2D eigenvalue weighted by Crippen LogP contribution is 2.33. The lowest BCUT2D eigenvalue weighted by Gasteiger charge is -2.59. The molecule has 8 nitrogen and oxygen atoms in total. The fourth-order valence-electron chi connectivity index (χ4n) is 4.77. The number of piperidine rings is 1. The quantitative estimate of drug-likeness (QED) is 0.434. The molecule has 0 aromatic carbocycles. The number of halogens is 1. The van der Waals surface area contributed by atoms with E-state index in [1.54, 1.807) is 4.90 Å². The summed E-state index contributed by atoms with van der Waals surface area (Å²) >= 11 is 0. The molecule has 5 saturated heterocycles. The first-order valence-corrected chi connectivity index (χ1v) is 9.30. The number of amides is 2. The van der Waals surface area contributed by atoms with Crippen LogP contribution in [0.2, 0.25) is 0 Å². The Balaban J connectivity index is 0.00000196. The summed E-state index contributed by atoms with van der Waals surface area (Å²) in [6.45, 7) is 12.4. The molecule has 148 valence electrons. The monoisotopic (exact) mass is 431 g/mol. The van der Waals surface area contributed by atoms with Crippen LogP contribution in [-0.4, -0.2) is 94.8 Å². The van der Waals surface area contributed by atoms with Crippen LogP contribution in [0.25, 0.3) is 0 Å². The van der Waals surface area contributed by atoms with E-state index in [-0.39, 0.29) is 29.0 Å². The van der Waals surface area contributed by atoms with Crippen molar-refractivity contribution in [2.24, 2.45) is 5.92 Å². The van der Waals surface area contributed by atoms with Crippen LogP contribution in [0, 0.1) is 5.92 Å². The number of likely N-dealkylation sites (tertiary alicyclic amines) is 1. The minimum atomic E-state index is -0.475. The van der Waals surface area contributed by atoms with E-state index in [0.717, 1.165) is 52.9 Å². The first-order chi connectivity index (χ1) is 11.7. The maximum Gasteiger partial charge on any atom is 0.410 e. The molecule has 5 fully saturated rings. The van der Waals surface area contributed by atoms with Gasteiger partial charge in [-0.3, -0.25) is 0 Å². The van der Waals surface area contributed by atoms with Gasteiger partial charge in [0.2, 0.25) is 0 Å². The molecule has 5 rings (SSSR count). The first kappa shape index (κ1) is 20.0. The van der Waals surface area contributed by atoms with Gasteiger partial charge in [-0.05, 0) is 33.6 Å². The van der Waals surface area contributed by atoms with Crippen molar-refractivity contribution >= 4 is 12.0 Å². The van der Waals surface area contributed by atoms with Crippen LogP contribution in [0.4, 0.5) is 4.79 Å². The minimum Gasteiger partial charge on any atom is -1.00 e. The molecule has 0 radical (unpaired) electrons. The molecule has 0 aromatic heterocycles. The highest BCUT2D eigenvalue weighted by atomic mass is 79.9. The summed E-state index contributed by atoms with van der Waals surface area (Å²) in [7, 11) is 0. The van der Waals surface area contributed by atoms with Gasteiger partial charge in [0.15, 0.2) is 0 Å². The summed E-state index contributed by atoms with van der Waals surface area (Å²) in [5.74, 6) is 0.418. The number of quaternary nitrogens is 1. The van der Waals surface area contributed by atoms with Gasteiger partial charge in [0, 0.05) is 13.1 Å². The Kier molecular flexibility index (Phi) is 5.40. The second-order valence-electron chi connectivity index (χ2n) is 9.09. The summed E-state index contributed by atoms with van der Waals surface area (Å²) < 4.78 is 6.00. The number of hydrogen-bond donors (Lipinski definition) is 0. The van der Waals surface area contributed by atoms with E-state index in [0.29, 0.717) is 23.5 Å². The zero-order chi connectivity index (χ0) is 17.8. The van der Waals surface area contributed by atoms with Crippen molar-refractivity contribution < 1.29 is 35.8 Å². The number of carbonyl (C=O) groups excluding carboxylic acids is 2. The number of nitrogens with zero attached hydrogens (tertiary/aromatic N) is 5. The molecule has 0 aliphatic carbocycles. The van der Waals surface area contributed by atoms with Crippen molar-refractivity contribution in [2.45, 2.75) is 39.2 Å². The molecule has 0 saturated carbocycles. The summed E-state index contributed by atoms with van der Waals surface area (Å²) in [5, 5.41) is 0. The summed E-state index contributed by atoms with van der Waals surface area (Å²) in [5.41, 5.74) is -0.475. The molecule has 0 unspecified atom stereocenters. The number of hydrogen-bond acceptors (Lipinski definition) is 6. The fourth-order valence-corrected chi connectivity index (χ4v) is 4.77. The summed E-state index contributed by atoms with van der Waals surface area (Å²) in [6.07, 6.45) is 1.24. The predicted molar refractivity (Wildman–Crippen MR) is 90.5 cm³/mol. The largest absolute Gasteiger partial charge is 1.00 e. The second-order valence-corrected chi connectivity index (χ2v) is 9.09. The predicted octanol–water partition coefficient (Wildman–Crippen LogP) is -2.33. The standard InChI is InChI=1S/C17H30N5O3.BrH/c1-17(2,3)25-16(24)21-6-4-14(5-7-21)15(23)22-11-18-8-19(12-22)10-20(9-18)13-22;/h14H,4-13H2,1-3H3;1H/q+1;/p-1. The molecular weight excluding hydrogens is 402 g/mol. The molecule has 0 N–H and O–H groups in total. The number of rotatable bonds is 1. The third kappa shape index (κ3) is 3.77. The zero-order valence-corrected chi connectivity index (χ0v) is 17.6. The van der Waals surface area contributed by atoms with Gasteiger partial charge in [-0.25, -0.2) is 28.8 Å². The zero-order valence-electron chi connectivity index (χ0n) is 16.0. The van der Waals surface area contributed by atoms with Gasteiger partial charge >= 0.3 is 12.0 Å². The molecule has 26 heavy (non-hydrogen) atoms. The van der Waals surface area contributed by atoms with Gasteiger partial charge in [-0.1, -0.05) is 0 Å². The highest BCUT2D eigenvalue weighted by molar-refractivity contribution is 5.73. The lowest BCUT2D eigenvalue weighted by Crippen LogP contribution is -3.00. The smallest absolute Gasteiger partial charge is 0.410 e. The Morgan fingerprint density at radius 3 is 1.81 bits per heavy atom. The lowest BCUT2D eigenvalue weighted by atomic mass is 9.94. The van der Waals surface area contributed by atoms with Crippen LogP contribution in [-0.2, 0) is 9.53 Å². The van der Waals surface area contributed by atoms with Gasteiger partial charge in [0.25, 0.3) is 0 Å². The average Bonchev–Trinajstić information content (AvgIpc) is 2.51. The van der Waals surface area contributed by atoms with E-state index in [4.69, 9.17) is 4.74 Å². The molecule has 5 aliphatic heterocycles. The van der Waals surface area contributed by atoms with Crippen LogP contribution in [0.1, 0.15) is 33.6 Å². The molecule has 0 spiro atoms. The van der Waals surface area contributed by atoms with Crippen molar-refractivity contribution in [1.82, 2.24) is 19.6 Å². The van der Waals surface area contributed by atoms with E-state index in [2.05, 4.69) is 14.7 Å². The Labute approximate surface area is 166 Å².